The summed E-state index contributed by atoms with van der Waals surface area (Å²) < 4.78 is 0. The summed E-state index contributed by atoms with van der Waals surface area (Å²) in [5.74, 6) is 0.533. The second-order valence-electron chi connectivity index (χ2n) is 3.86. The van der Waals surface area contributed by atoms with E-state index in [1.165, 1.54) is 0 Å². The molecule has 4 heteroatoms. The van der Waals surface area contributed by atoms with Gasteiger partial charge < -0.3 is 11.1 Å². The molecule has 0 radical (unpaired) electrons. The number of pyridine rings is 1. The van der Waals surface area contributed by atoms with Gasteiger partial charge in [-0.05, 0) is 25.0 Å². The largest absolute Gasteiger partial charge is 0.329 e. The predicted octanol–water partition coefficient (Wildman–Crippen LogP) is 1.79. The van der Waals surface area contributed by atoms with Crippen LogP contribution >= 0.6 is 0 Å². The molecule has 1 amide bonds. The molecule has 0 aliphatic heterocycles. The first kappa shape index (κ1) is 12.6. The van der Waals surface area contributed by atoms with Crippen molar-refractivity contribution in [1.29, 1.82) is 0 Å². The average Bonchev–Trinajstić information content (AvgIpc) is 2.33. The Morgan fingerprint density at radius 3 is 2.56 bits per heavy atom. The topological polar surface area (TPSA) is 68.0 Å². The first-order valence-corrected chi connectivity index (χ1v) is 5.61. The Morgan fingerprint density at radius 1 is 1.44 bits per heavy atom. The molecular formula is C12H19N3O. The van der Waals surface area contributed by atoms with Crippen LogP contribution in [0.25, 0.3) is 0 Å². The van der Waals surface area contributed by atoms with Crippen LogP contribution in [0.1, 0.15) is 26.7 Å². The number of nitrogens with two attached hydrogens (primary N) is 1. The third-order valence-corrected chi connectivity index (χ3v) is 3.13. The van der Waals surface area contributed by atoms with Crippen molar-refractivity contribution in [2.24, 2.45) is 11.1 Å². The Balaban J connectivity index is 2.78. The molecule has 0 fully saturated rings. The highest BCUT2D eigenvalue weighted by Gasteiger charge is 2.33. The number of hydrogen-bond donors (Lipinski definition) is 2. The molecule has 4 nitrogen and oxygen atoms in total. The van der Waals surface area contributed by atoms with Crippen molar-refractivity contribution in [3.8, 4) is 0 Å². The third kappa shape index (κ3) is 2.58. The maximum absolute atomic E-state index is 12.1. The number of carbonyl (C=O) groups excluding carboxylic acids is 1. The molecule has 0 unspecified atom stereocenters. The van der Waals surface area contributed by atoms with Crippen LogP contribution in [-0.4, -0.2) is 17.4 Å². The van der Waals surface area contributed by atoms with Crippen molar-refractivity contribution in [3.63, 3.8) is 0 Å². The number of nitrogens with one attached hydrogen (secondary N) is 1. The second kappa shape index (κ2) is 5.61. The molecule has 0 aliphatic carbocycles. The van der Waals surface area contributed by atoms with E-state index in [4.69, 9.17) is 5.73 Å². The van der Waals surface area contributed by atoms with E-state index in [2.05, 4.69) is 10.3 Å². The van der Waals surface area contributed by atoms with E-state index in [0.717, 1.165) is 12.8 Å². The summed E-state index contributed by atoms with van der Waals surface area (Å²) in [6.45, 7) is 4.32. The number of carbonyl (C=O) groups is 1. The molecule has 0 bridgehead atoms. The summed E-state index contributed by atoms with van der Waals surface area (Å²) in [5.41, 5.74) is 5.23. The summed E-state index contributed by atoms with van der Waals surface area (Å²) in [4.78, 5) is 16.2. The lowest BCUT2D eigenvalue weighted by Crippen LogP contribution is -2.41. The molecule has 3 N–H and O–H groups in total. The van der Waals surface area contributed by atoms with Crippen LogP contribution in [0.3, 0.4) is 0 Å². The van der Waals surface area contributed by atoms with Gasteiger partial charge in [0.1, 0.15) is 5.82 Å². The first-order valence-electron chi connectivity index (χ1n) is 5.61. The maximum atomic E-state index is 12.1. The van der Waals surface area contributed by atoms with Gasteiger partial charge in [-0.25, -0.2) is 4.98 Å². The van der Waals surface area contributed by atoms with Gasteiger partial charge in [0, 0.05) is 12.7 Å². The van der Waals surface area contributed by atoms with E-state index in [1.54, 1.807) is 12.3 Å². The lowest BCUT2D eigenvalue weighted by molar-refractivity contribution is -0.125. The van der Waals surface area contributed by atoms with Crippen molar-refractivity contribution in [2.75, 3.05) is 11.9 Å². The normalized spacial score (nSPS) is 11.2. The van der Waals surface area contributed by atoms with Gasteiger partial charge in [0.05, 0.1) is 5.41 Å². The number of rotatable bonds is 5. The minimum Gasteiger partial charge on any atom is -0.329 e. The highest BCUT2D eigenvalue weighted by Crippen LogP contribution is 2.26. The smallest absolute Gasteiger partial charge is 0.233 e. The van der Waals surface area contributed by atoms with E-state index >= 15 is 0 Å². The van der Waals surface area contributed by atoms with Crippen LogP contribution in [0.5, 0.6) is 0 Å². The Labute approximate surface area is 96.3 Å². The van der Waals surface area contributed by atoms with Gasteiger partial charge in [0.15, 0.2) is 0 Å². The quantitative estimate of drug-likeness (QED) is 0.796. The van der Waals surface area contributed by atoms with E-state index in [0.29, 0.717) is 12.4 Å². The summed E-state index contributed by atoms with van der Waals surface area (Å²) in [6, 6.07) is 5.42. The molecule has 1 aromatic heterocycles. The summed E-state index contributed by atoms with van der Waals surface area (Å²) in [6.07, 6.45) is 3.12. The molecule has 1 rings (SSSR count). The molecule has 0 aliphatic rings. The molecule has 88 valence electrons. The van der Waals surface area contributed by atoms with Crippen LogP contribution in [-0.2, 0) is 4.79 Å². The number of anilines is 1. The van der Waals surface area contributed by atoms with Crippen molar-refractivity contribution in [3.05, 3.63) is 24.4 Å². The minimum absolute atomic E-state index is 0.0429. The Bertz CT molecular complexity index is 325. The fraction of sp³-hybridized carbons (Fsp3) is 0.500. The Hall–Kier alpha value is -1.42. The molecule has 0 saturated heterocycles. The minimum atomic E-state index is -0.475. The molecule has 0 spiro atoms. The molecule has 1 heterocycles. The number of aromatic nitrogens is 1. The van der Waals surface area contributed by atoms with Crippen LogP contribution in [0.4, 0.5) is 5.82 Å². The van der Waals surface area contributed by atoms with Gasteiger partial charge in [-0.2, -0.15) is 0 Å². The van der Waals surface area contributed by atoms with Crippen molar-refractivity contribution < 1.29 is 4.79 Å². The zero-order valence-electron chi connectivity index (χ0n) is 9.86. The number of amides is 1. The molecule has 16 heavy (non-hydrogen) atoms. The standard InChI is InChI=1S/C12H19N3O/c1-3-12(4-2,9-13)11(16)15-10-7-5-6-8-14-10/h5-8H,3-4,9,13H2,1-2H3,(H,14,15,16). The first-order chi connectivity index (χ1) is 7.68. The van der Waals surface area contributed by atoms with Gasteiger partial charge in [-0.3, -0.25) is 4.79 Å². The van der Waals surface area contributed by atoms with Crippen LogP contribution in [0.15, 0.2) is 24.4 Å². The van der Waals surface area contributed by atoms with E-state index < -0.39 is 5.41 Å². The molecule has 0 saturated carbocycles. The lowest BCUT2D eigenvalue weighted by atomic mass is 9.81. The fourth-order valence-corrected chi connectivity index (χ4v) is 1.64. The Kier molecular flexibility index (Phi) is 4.43. The SMILES string of the molecule is CCC(CC)(CN)C(=O)Nc1ccccn1. The van der Waals surface area contributed by atoms with Crippen LogP contribution in [0.2, 0.25) is 0 Å². The third-order valence-electron chi connectivity index (χ3n) is 3.13. The summed E-state index contributed by atoms with van der Waals surface area (Å²) in [7, 11) is 0. The highest BCUT2D eigenvalue weighted by atomic mass is 16.2. The monoisotopic (exact) mass is 221 g/mol. The molecule has 0 aromatic carbocycles. The fourth-order valence-electron chi connectivity index (χ4n) is 1.64. The average molecular weight is 221 g/mol. The van der Waals surface area contributed by atoms with Crippen molar-refractivity contribution >= 4 is 11.7 Å². The van der Waals surface area contributed by atoms with Gasteiger partial charge in [0.2, 0.25) is 5.91 Å². The van der Waals surface area contributed by atoms with E-state index in [9.17, 15) is 4.79 Å². The van der Waals surface area contributed by atoms with E-state index in [-0.39, 0.29) is 5.91 Å². The molecular weight excluding hydrogens is 202 g/mol. The Morgan fingerprint density at radius 2 is 2.12 bits per heavy atom. The number of hydrogen-bond acceptors (Lipinski definition) is 3. The lowest BCUT2D eigenvalue weighted by Gasteiger charge is -2.28. The number of nitrogens with zero attached hydrogens (tertiary/aromatic N) is 1. The van der Waals surface area contributed by atoms with E-state index in [1.807, 2.05) is 26.0 Å². The second-order valence-corrected chi connectivity index (χ2v) is 3.86. The maximum Gasteiger partial charge on any atom is 0.233 e. The van der Waals surface area contributed by atoms with Gasteiger partial charge in [-0.1, -0.05) is 19.9 Å². The summed E-state index contributed by atoms with van der Waals surface area (Å²) >= 11 is 0. The zero-order chi connectivity index (χ0) is 12.0. The van der Waals surface area contributed by atoms with Crippen LogP contribution < -0.4 is 11.1 Å². The van der Waals surface area contributed by atoms with Gasteiger partial charge in [0.25, 0.3) is 0 Å². The zero-order valence-corrected chi connectivity index (χ0v) is 9.86. The predicted molar refractivity (Wildman–Crippen MR) is 64.9 cm³/mol. The summed E-state index contributed by atoms with van der Waals surface area (Å²) in [5, 5.41) is 2.81. The van der Waals surface area contributed by atoms with Crippen molar-refractivity contribution in [1.82, 2.24) is 4.98 Å². The molecule has 0 atom stereocenters. The van der Waals surface area contributed by atoms with Gasteiger partial charge >= 0.3 is 0 Å². The molecule has 1 aromatic rings. The van der Waals surface area contributed by atoms with Crippen molar-refractivity contribution in [2.45, 2.75) is 26.7 Å². The van der Waals surface area contributed by atoms with Gasteiger partial charge in [-0.15, -0.1) is 0 Å². The van der Waals surface area contributed by atoms with Crippen LogP contribution in [0, 0.1) is 5.41 Å². The highest BCUT2D eigenvalue weighted by molar-refractivity contribution is 5.94.